The molecule has 0 saturated carbocycles. The second-order valence-corrected chi connectivity index (χ2v) is 8.99. The van der Waals surface area contributed by atoms with Gasteiger partial charge in [0.2, 0.25) is 0 Å². The van der Waals surface area contributed by atoms with Gasteiger partial charge >= 0.3 is 5.69 Å². The minimum atomic E-state index is -0.314. The molecule has 168 valence electrons. The number of nitrogens with zero attached hydrogens (tertiary/aromatic N) is 5. The van der Waals surface area contributed by atoms with Gasteiger partial charge in [-0.2, -0.15) is 0 Å². The lowest BCUT2D eigenvalue weighted by atomic mass is 10.0. The lowest BCUT2D eigenvalue weighted by Crippen LogP contribution is -2.38. The molecule has 1 atom stereocenters. The number of likely N-dealkylation sites (tertiary alicyclic amines) is 1. The van der Waals surface area contributed by atoms with Gasteiger partial charge in [-0.05, 0) is 32.7 Å². The number of piperidine rings is 1. The monoisotopic (exact) mass is 417 g/mol. The molecule has 0 unspecified atom stereocenters. The number of aryl methyl sites for hydroxylation is 2. The summed E-state index contributed by atoms with van der Waals surface area (Å²) in [7, 11) is 3.27. The minimum absolute atomic E-state index is 0.235. The molecule has 0 bridgehead atoms. The number of hydrogen-bond acceptors (Lipinski definition) is 4. The van der Waals surface area contributed by atoms with Crippen LogP contribution in [0.5, 0.6) is 0 Å². The van der Waals surface area contributed by atoms with Crippen LogP contribution < -0.4 is 11.2 Å². The van der Waals surface area contributed by atoms with Gasteiger partial charge in [-0.15, -0.1) is 0 Å². The summed E-state index contributed by atoms with van der Waals surface area (Å²) in [5, 5.41) is 0. The molecule has 0 N–H and O–H groups in total. The van der Waals surface area contributed by atoms with E-state index in [0.717, 1.165) is 38.3 Å². The number of rotatable bonds is 10. The average molecular weight is 418 g/mol. The number of imidazole rings is 1. The maximum absolute atomic E-state index is 13.0. The van der Waals surface area contributed by atoms with Gasteiger partial charge in [0.1, 0.15) is 5.82 Å². The van der Waals surface area contributed by atoms with E-state index in [1.54, 1.807) is 14.1 Å². The van der Waals surface area contributed by atoms with Crippen LogP contribution >= 0.6 is 0 Å². The van der Waals surface area contributed by atoms with Crippen LogP contribution in [-0.4, -0.2) is 36.2 Å². The Morgan fingerprint density at radius 1 is 0.967 bits per heavy atom. The third-order valence-corrected chi connectivity index (χ3v) is 6.70. The molecule has 3 heterocycles. The Kier molecular flexibility index (Phi) is 7.92. The van der Waals surface area contributed by atoms with Gasteiger partial charge in [-0.1, -0.05) is 51.9 Å². The average Bonchev–Trinajstić information content (AvgIpc) is 3.10. The van der Waals surface area contributed by atoms with Crippen molar-refractivity contribution in [3.05, 3.63) is 26.7 Å². The normalized spacial score (nSPS) is 17.8. The van der Waals surface area contributed by atoms with E-state index in [2.05, 4.69) is 23.3 Å². The Balaban J connectivity index is 1.86. The van der Waals surface area contributed by atoms with Crippen LogP contribution in [0.1, 0.15) is 83.9 Å². The van der Waals surface area contributed by atoms with Crippen LogP contribution in [0.3, 0.4) is 0 Å². The fraction of sp³-hybridized carbons (Fsp3) is 0.783. The minimum Gasteiger partial charge on any atom is -0.321 e. The predicted molar refractivity (Wildman–Crippen MR) is 122 cm³/mol. The summed E-state index contributed by atoms with van der Waals surface area (Å²) in [6.07, 6.45) is 12.3. The molecule has 0 spiro atoms. The highest BCUT2D eigenvalue weighted by atomic mass is 16.2. The van der Waals surface area contributed by atoms with Crippen LogP contribution in [0.25, 0.3) is 11.2 Å². The smallest absolute Gasteiger partial charge is 0.321 e. The zero-order chi connectivity index (χ0) is 21.7. The van der Waals surface area contributed by atoms with Gasteiger partial charge in [0.25, 0.3) is 5.56 Å². The van der Waals surface area contributed by atoms with Crippen molar-refractivity contribution < 1.29 is 0 Å². The van der Waals surface area contributed by atoms with E-state index in [4.69, 9.17) is 4.98 Å². The highest BCUT2D eigenvalue weighted by molar-refractivity contribution is 5.71. The van der Waals surface area contributed by atoms with E-state index in [1.165, 1.54) is 60.5 Å². The lowest BCUT2D eigenvalue weighted by Gasteiger charge is -2.33. The molecule has 1 aliphatic heterocycles. The first-order chi connectivity index (χ1) is 14.5. The second-order valence-electron chi connectivity index (χ2n) is 8.99. The van der Waals surface area contributed by atoms with Crippen molar-refractivity contribution in [2.24, 2.45) is 14.1 Å². The Labute approximate surface area is 179 Å². The maximum Gasteiger partial charge on any atom is 0.332 e. The molecule has 3 rings (SSSR count). The van der Waals surface area contributed by atoms with Crippen LogP contribution in [0.15, 0.2) is 9.59 Å². The largest absolute Gasteiger partial charge is 0.332 e. The van der Waals surface area contributed by atoms with Crippen molar-refractivity contribution in [2.45, 2.75) is 97.2 Å². The predicted octanol–water partition coefficient (Wildman–Crippen LogP) is 3.56. The lowest BCUT2D eigenvalue weighted by molar-refractivity contribution is 0.147. The van der Waals surface area contributed by atoms with Gasteiger partial charge in [0.05, 0.1) is 6.54 Å². The van der Waals surface area contributed by atoms with Gasteiger partial charge < -0.3 is 4.57 Å². The zero-order valence-corrected chi connectivity index (χ0v) is 19.3. The Morgan fingerprint density at radius 3 is 2.37 bits per heavy atom. The Bertz CT molecular complexity index is 955. The van der Waals surface area contributed by atoms with Gasteiger partial charge in [-0.3, -0.25) is 18.8 Å². The standard InChI is InChI=1S/C23H39N5O2/c1-5-6-7-8-9-10-12-16-28-19(17-27-15-13-11-14-18(27)2)24-21-20(28)22(29)26(4)23(30)25(21)3/h18H,5-17H2,1-4H3/t18-/m1/s1. The number of hydrogen-bond donors (Lipinski definition) is 0. The Morgan fingerprint density at radius 2 is 1.67 bits per heavy atom. The first-order valence-electron chi connectivity index (χ1n) is 11.8. The summed E-state index contributed by atoms with van der Waals surface area (Å²) >= 11 is 0. The molecule has 0 aliphatic carbocycles. The van der Waals surface area contributed by atoms with Crippen molar-refractivity contribution in [3.63, 3.8) is 0 Å². The van der Waals surface area contributed by atoms with E-state index in [1.807, 2.05) is 0 Å². The van der Waals surface area contributed by atoms with Crippen molar-refractivity contribution in [2.75, 3.05) is 6.54 Å². The third kappa shape index (κ3) is 4.88. The SMILES string of the molecule is CCCCCCCCCn1c(CN2CCCC[C@H]2C)nc2c1c(=O)n(C)c(=O)n2C. The first-order valence-corrected chi connectivity index (χ1v) is 11.8. The van der Waals surface area contributed by atoms with E-state index in [0.29, 0.717) is 17.2 Å². The molecule has 2 aromatic rings. The molecule has 7 nitrogen and oxygen atoms in total. The summed E-state index contributed by atoms with van der Waals surface area (Å²) in [4.78, 5) is 32.7. The van der Waals surface area contributed by atoms with Gasteiger partial charge in [0.15, 0.2) is 11.2 Å². The van der Waals surface area contributed by atoms with Crippen LogP contribution in [0, 0.1) is 0 Å². The summed E-state index contributed by atoms with van der Waals surface area (Å²) in [6.45, 7) is 7.11. The number of unbranched alkanes of at least 4 members (excludes halogenated alkanes) is 6. The number of fused-ring (bicyclic) bond motifs is 1. The Hall–Kier alpha value is -1.89. The van der Waals surface area contributed by atoms with Gasteiger partial charge in [0, 0.05) is 26.7 Å². The fourth-order valence-corrected chi connectivity index (χ4v) is 4.65. The van der Waals surface area contributed by atoms with Crippen molar-refractivity contribution in [3.8, 4) is 0 Å². The quantitative estimate of drug-likeness (QED) is 0.555. The fourth-order valence-electron chi connectivity index (χ4n) is 4.65. The molecule has 1 saturated heterocycles. The summed E-state index contributed by atoms with van der Waals surface area (Å²) in [5.74, 6) is 0.919. The van der Waals surface area contributed by atoms with E-state index >= 15 is 0 Å². The van der Waals surface area contributed by atoms with Crippen LogP contribution in [-0.2, 0) is 27.2 Å². The molecule has 30 heavy (non-hydrogen) atoms. The molecule has 1 aliphatic rings. The summed E-state index contributed by atoms with van der Waals surface area (Å²) in [6, 6.07) is 0.525. The summed E-state index contributed by atoms with van der Waals surface area (Å²) in [5.41, 5.74) is 0.545. The highest BCUT2D eigenvalue weighted by Crippen LogP contribution is 2.21. The van der Waals surface area contributed by atoms with Crippen molar-refractivity contribution >= 4 is 11.2 Å². The van der Waals surface area contributed by atoms with Crippen LogP contribution in [0.2, 0.25) is 0 Å². The van der Waals surface area contributed by atoms with Gasteiger partial charge in [-0.25, -0.2) is 9.78 Å². The van der Waals surface area contributed by atoms with Crippen molar-refractivity contribution in [1.29, 1.82) is 0 Å². The van der Waals surface area contributed by atoms with E-state index in [9.17, 15) is 9.59 Å². The molecule has 7 heteroatoms. The van der Waals surface area contributed by atoms with E-state index < -0.39 is 0 Å². The molecule has 0 aromatic carbocycles. The topological polar surface area (TPSA) is 65.1 Å². The third-order valence-electron chi connectivity index (χ3n) is 6.70. The zero-order valence-electron chi connectivity index (χ0n) is 19.3. The summed E-state index contributed by atoms with van der Waals surface area (Å²) < 4.78 is 4.82. The molecule has 0 amide bonds. The highest BCUT2D eigenvalue weighted by Gasteiger charge is 2.23. The first kappa shape index (κ1) is 22.8. The molecule has 1 fully saturated rings. The second kappa shape index (κ2) is 10.4. The molecule has 0 radical (unpaired) electrons. The maximum atomic E-state index is 13.0. The molecule has 2 aromatic heterocycles. The molecular formula is C23H39N5O2. The number of aromatic nitrogens is 4. The van der Waals surface area contributed by atoms with Crippen LogP contribution in [0.4, 0.5) is 0 Å². The van der Waals surface area contributed by atoms with E-state index in [-0.39, 0.29) is 11.2 Å². The molecular weight excluding hydrogens is 378 g/mol. The van der Waals surface area contributed by atoms with Crippen molar-refractivity contribution in [1.82, 2.24) is 23.6 Å².